The Bertz CT molecular complexity index is 229. The van der Waals surface area contributed by atoms with E-state index in [0.717, 1.165) is 12.8 Å². The Morgan fingerprint density at radius 2 is 2.17 bits per heavy atom. The molecule has 0 heterocycles. The number of halogens is 2. The van der Waals surface area contributed by atoms with Gasteiger partial charge in [0.1, 0.15) is 5.78 Å². The number of carbonyl (C=O) groups excluding carboxylic acids is 1. The van der Waals surface area contributed by atoms with Crippen molar-refractivity contribution in [3.63, 3.8) is 0 Å². The zero-order valence-corrected chi connectivity index (χ0v) is 8.53. The lowest BCUT2D eigenvalue weighted by Crippen LogP contribution is -2.62. The van der Waals surface area contributed by atoms with E-state index >= 15 is 0 Å². The summed E-state index contributed by atoms with van der Waals surface area (Å²) in [5.41, 5.74) is 0.00328. The van der Waals surface area contributed by atoms with Gasteiger partial charge in [0.25, 0.3) is 0 Å². The number of fused-ring (bicyclic) bond motifs is 1. The first-order valence-electron chi connectivity index (χ1n) is 4.38. The second-order valence-corrected chi connectivity index (χ2v) is 5.12. The summed E-state index contributed by atoms with van der Waals surface area (Å²) in [6.07, 6.45) is 2.74. The van der Waals surface area contributed by atoms with Crippen LogP contribution < -0.4 is 0 Å². The Balaban J connectivity index is 2.24. The van der Waals surface area contributed by atoms with Crippen LogP contribution in [0.4, 0.5) is 0 Å². The molecule has 0 aromatic heterocycles. The van der Waals surface area contributed by atoms with Crippen LogP contribution in [-0.2, 0) is 4.79 Å². The van der Waals surface area contributed by atoms with Gasteiger partial charge in [0.2, 0.25) is 0 Å². The van der Waals surface area contributed by atoms with Gasteiger partial charge in [-0.05, 0) is 18.3 Å². The molecule has 68 valence electrons. The molecule has 2 saturated carbocycles. The van der Waals surface area contributed by atoms with Crippen LogP contribution in [0.5, 0.6) is 0 Å². The Kier molecular flexibility index (Phi) is 1.93. The third-order valence-electron chi connectivity index (χ3n) is 3.42. The minimum atomic E-state index is -0.121. The third-order valence-corrected chi connectivity index (χ3v) is 4.83. The lowest BCUT2D eigenvalue weighted by atomic mass is 9.53. The molecule has 0 aromatic carbocycles. The van der Waals surface area contributed by atoms with Gasteiger partial charge in [0, 0.05) is 12.3 Å². The molecule has 2 aliphatic rings. The molecule has 0 amide bonds. The van der Waals surface area contributed by atoms with Crippen LogP contribution in [0.2, 0.25) is 0 Å². The molecule has 0 aromatic rings. The maximum absolute atomic E-state index is 11.5. The lowest BCUT2D eigenvalue weighted by molar-refractivity contribution is -0.136. The quantitative estimate of drug-likeness (QED) is 0.558. The summed E-state index contributed by atoms with van der Waals surface area (Å²) in [4.78, 5) is 11.5. The Morgan fingerprint density at radius 3 is 2.75 bits per heavy atom. The first kappa shape index (κ1) is 8.83. The maximum atomic E-state index is 11.5. The molecule has 0 bridgehead atoms. The second kappa shape index (κ2) is 2.62. The smallest absolute Gasteiger partial charge is 0.138 e. The normalized spacial score (nSPS) is 52.9. The molecule has 0 N–H and O–H groups in total. The van der Waals surface area contributed by atoms with Crippen molar-refractivity contribution in [3.8, 4) is 0 Å². The molecule has 2 aliphatic carbocycles. The van der Waals surface area contributed by atoms with Crippen LogP contribution >= 0.6 is 23.2 Å². The summed E-state index contributed by atoms with van der Waals surface area (Å²) in [6.45, 7) is 2.09. The minimum Gasteiger partial charge on any atom is -0.299 e. The molecule has 4 atom stereocenters. The number of carbonyl (C=O) groups is 1. The highest BCUT2D eigenvalue weighted by molar-refractivity contribution is 6.33. The summed E-state index contributed by atoms with van der Waals surface area (Å²) >= 11 is 12.1. The summed E-state index contributed by atoms with van der Waals surface area (Å²) in [6, 6.07) is 0. The van der Waals surface area contributed by atoms with Gasteiger partial charge in [0.05, 0.1) is 10.8 Å². The predicted octanol–water partition coefficient (Wildman–Crippen LogP) is 2.59. The Morgan fingerprint density at radius 1 is 1.50 bits per heavy atom. The fourth-order valence-electron chi connectivity index (χ4n) is 2.59. The number of rotatable bonds is 0. The van der Waals surface area contributed by atoms with E-state index in [2.05, 4.69) is 6.92 Å². The predicted molar refractivity (Wildman–Crippen MR) is 49.7 cm³/mol. The number of hydrogen-bond acceptors (Lipinski definition) is 1. The molecule has 2 rings (SSSR count). The molecular formula is C9H12Cl2O. The molecule has 0 radical (unpaired) electrons. The third kappa shape index (κ3) is 0.898. The zero-order chi connectivity index (χ0) is 8.93. The molecule has 0 spiro atoms. The summed E-state index contributed by atoms with van der Waals surface area (Å²) in [5, 5.41) is -0.127. The molecule has 0 aliphatic heterocycles. The lowest BCUT2D eigenvalue weighted by Gasteiger charge is -2.56. The molecular weight excluding hydrogens is 195 g/mol. The molecule has 2 fully saturated rings. The number of alkyl halides is 2. The van der Waals surface area contributed by atoms with Crippen molar-refractivity contribution < 1.29 is 4.79 Å². The topological polar surface area (TPSA) is 17.1 Å². The van der Waals surface area contributed by atoms with Gasteiger partial charge >= 0.3 is 0 Å². The molecule has 1 nitrogen and oxygen atoms in total. The van der Waals surface area contributed by atoms with Gasteiger partial charge in [-0.3, -0.25) is 4.79 Å². The molecule has 12 heavy (non-hydrogen) atoms. The van der Waals surface area contributed by atoms with Crippen molar-refractivity contribution in [2.75, 3.05) is 0 Å². The fourth-order valence-corrected chi connectivity index (χ4v) is 3.69. The van der Waals surface area contributed by atoms with E-state index in [-0.39, 0.29) is 22.1 Å². The number of Topliss-reactive ketones (excluding diaryl/α,β-unsaturated/α-hetero) is 1. The summed E-state index contributed by atoms with van der Waals surface area (Å²) < 4.78 is 0. The van der Waals surface area contributed by atoms with Crippen molar-refractivity contribution in [3.05, 3.63) is 0 Å². The molecule has 0 saturated heterocycles. The van der Waals surface area contributed by atoms with E-state index in [4.69, 9.17) is 23.2 Å². The first-order chi connectivity index (χ1) is 5.57. The van der Waals surface area contributed by atoms with E-state index in [9.17, 15) is 4.79 Å². The van der Waals surface area contributed by atoms with Crippen molar-refractivity contribution in [2.45, 2.75) is 36.9 Å². The maximum Gasteiger partial charge on any atom is 0.138 e. The highest BCUT2D eigenvalue weighted by atomic mass is 35.5. The van der Waals surface area contributed by atoms with Crippen LogP contribution in [0, 0.1) is 11.3 Å². The van der Waals surface area contributed by atoms with Gasteiger partial charge in [-0.2, -0.15) is 0 Å². The van der Waals surface area contributed by atoms with Gasteiger partial charge in [-0.1, -0.05) is 6.92 Å². The van der Waals surface area contributed by atoms with Crippen LogP contribution in [-0.4, -0.2) is 16.5 Å². The fraction of sp³-hybridized carbons (Fsp3) is 0.889. The molecule has 3 heteroatoms. The van der Waals surface area contributed by atoms with E-state index in [1.54, 1.807) is 0 Å². The van der Waals surface area contributed by atoms with Gasteiger partial charge in [-0.25, -0.2) is 0 Å². The van der Waals surface area contributed by atoms with Crippen LogP contribution in [0.3, 0.4) is 0 Å². The summed E-state index contributed by atoms with van der Waals surface area (Å²) in [7, 11) is 0. The highest BCUT2D eigenvalue weighted by Gasteiger charge is 2.61. The zero-order valence-electron chi connectivity index (χ0n) is 7.02. The van der Waals surface area contributed by atoms with E-state index in [1.807, 2.05) is 0 Å². The van der Waals surface area contributed by atoms with Gasteiger partial charge in [0.15, 0.2) is 0 Å². The van der Waals surface area contributed by atoms with Crippen molar-refractivity contribution in [1.82, 2.24) is 0 Å². The van der Waals surface area contributed by atoms with Crippen LogP contribution in [0.15, 0.2) is 0 Å². The van der Waals surface area contributed by atoms with Crippen molar-refractivity contribution in [2.24, 2.45) is 11.3 Å². The average Bonchev–Trinajstić information content (AvgIpc) is 2.03. The van der Waals surface area contributed by atoms with Crippen LogP contribution in [0.25, 0.3) is 0 Å². The van der Waals surface area contributed by atoms with Crippen molar-refractivity contribution in [1.29, 1.82) is 0 Å². The highest BCUT2D eigenvalue weighted by Crippen LogP contribution is 2.58. The van der Waals surface area contributed by atoms with Crippen LogP contribution in [0.1, 0.15) is 26.2 Å². The Hall–Kier alpha value is 0.250. The van der Waals surface area contributed by atoms with Gasteiger partial charge in [-0.15, -0.1) is 23.2 Å². The minimum absolute atomic E-state index is 0.00328. The SMILES string of the molecule is C[C@]12CCCC(=O)[C@H]1[C@@H](Cl)[C@H]2Cl. The summed E-state index contributed by atoms with van der Waals surface area (Å²) in [5.74, 6) is 0.357. The average molecular weight is 207 g/mol. The van der Waals surface area contributed by atoms with E-state index in [1.165, 1.54) is 0 Å². The number of hydrogen-bond donors (Lipinski definition) is 0. The van der Waals surface area contributed by atoms with Gasteiger partial charge < -0.3 is 0 Å². The monoisotopic (exact) mass is 206 g/mol. The van der Waals surface area contributed by atoms with E-state index in [0.29, 0.717) is 12.2 Å². The standard InChI is InChI=1S/C9H12Cl2O/c1-9-4-2-3-5(12)6(9)7(10)8(9)11/h6-8H,2-4H2,1H3/t6-,7+,8+,9-/m0/s1. The van der Waals surface area contributed by atoms with E-state index < -0.39 is 0 Å². The first-order valence-corrected chi connectivity index (χ1v) is 5.25. The second-order valence-electron chi connectivity index (χ2n) is 4.15. The largest absolute Gasteiger partial charge is 0.299 e. The Labute approximate surface area is 82.4 Å². The number of ketones is 1. The molecule has 0 unspecified atom stereocenters. The van der Waals surface area contributed by atoms with Crippen molar-refractivity contribution >= 4 is 29.0 Å².